The summed E-state index contributed by atoms with van der Waals surface area (Å²) in [6, 6.07) is 2.81. The fourth-order valence-corrected chi connectivity index (χ4v) is 2.91. The highest BCUT2D eigenvalue weighted by molar-refractivity contribution is 5.92. The fraction of sp³-hybridized carbons (Fsp3) is 0.471. The topological polar surface area (TPSA) is 99.9 Å². The lowest BCUT2D eigenvalue weighted by Gasteiger charge is -2.19. The van der Waals surface area contributed by atoms with Gasteiger partial charge in [-0.05, 0) is 25.3 Å². The summed E-state index contributed by atoms with van der Waals surface area (Å²) in [6.45, 7) is 1.65. The van der Waals surface area contributed by atoms with Crippen molar-refractivity contribution in [2.24, 2.45) is 0 Å². The van der Waals surface area contributed by atoms with Gasteiger partial charge in [0, 0.05) is 42.5 Å². The molecule has 0 saturated carbocycles. The van der Waals surface area contributed by atoms with E-state index in [1.165, 1.54) is 24.3 Å². The van der Waals surface area contributed by atoms with E-state index in [0.717, 1.165) is 25.9 Å². The van der Waals surface area contributed by atoms with Gasteiger partial charge in [-0.2, -0.15) is 0 Å². The number of nitro benzene ring substituents is 1. The molecule has 1 saturated heterocycles. The minimum Gasteiger partial charge on any atom is -0.467 e. The Balaban J connectivity index is 1.64. The molecule has 0 bridgehead atoms. The molecule has 1 unspecified atom stereocenters. The third kappa shape index (κ3) is 4.55. The second kappa shape index (κ2) is 8.09. The number of non-ortho nitro benzene ring substituents is 1. The van der Waals surface area contributed by atoms with E-state index in [9.17, 15) is 14.9 Å². The first-order chi connectivity index (χ1) is 12.1. The van der Waals surface area contributed by atoms with Gasteiger partial charge in [-0.1, -0.05) is 0 Å². The molecule has 0 aliphatic carbocycles. The van der Waals surface area contributed by atoms with Crippen molar-refractivity contribution in [2.75, 3.05) is 19.9 Å². The fourth-order valence-electron chi connectivity index (χ4n) is 2.91. The summed E-state index contributed by atoms with van der Waals surface area (Å²) in [5, 5.41) is 13.8. The predicted octanol–water partition coefficient (Wildman–Crippen LogP) is 2.16. The molecule has 0 radical (unpaired) electrons. The first-order valence-corrected chi connectivity index (χ1v) is 8.23. The Kier molecular flexibility index (Phi) is 5.62. The van der Waals surface area contributed by atoms with E-state index in [-0.39, 0.29) is 31.1 Å². The molecule has 3 rings (SSSR count). The normalized spacial score (nSPS) is 19.4. The van der Waals surface area contributed by atoms with Crippen LogP contribution < -0.4 is 10.1 Å². The molecular formula is C17H20N2O6. The van der Waals surface area contributed by atoms with Crippen molar-refractivity contribution in [3.8, 4) is 5.75 Å². The average molecular weight is 348 g/mol. The third-order valence-corrected chi connectivity index (χ3v) is 4.14. The van der Waals surface area contributed by atoms with Crippen molar-refractivity contribution in [3.05, 3.63) is 39.4 Å². The number of fused-ring (bicyclic) bond motifs is 1. The SMILES string of the molecule is O=C(C=Cc1cc([N+](=O)[O-])cc2c1OCOC2)NCCC1CCCO1. The van der Waals surface area contributed by atoms with Crippen LogP contribution in [-0.4, -0.2) is 36.9 Å². The van der Waals surface area contributed by atoms with Gasteiger partial charge in [0.05, 0.1) is 17.6 Å². The number of carbonyl (C=O) groups excluding carboxylic acids is 1. The van der Waals surface area contributed by atoms with Crippen LogP contribution in [0.25, 0.3) is 6.08 Å². The van der Waals surface area contributed by atoms with Gasteiger partial charge in [-0.3, -0.25) is 14.9 Å². The maximum absolute atomic E-state index is 11.9. The third-order valence-electron chi connectivity index (χ3n) is 4.14. The molecule has 2 aliphatic rings. The number of nitrogens with one attached hydrogen (secondary N) is 1. The Morgan fingerprint density at radius 2 is 2.32 bits per heavy atom. The molecule has 1 aromatic carbocycles. The van der Waals surface area contributed by atoms with Crippen LogP contribution in [0.5, 0.6) is 5.75 Å². The van der Waals surface area contributed by atoms with E-state index in [4.69, 9.17) is 14.2 Å². The smallest absolute Gasteiger partial charge is 0.270 e. The number of benzene rings is 1. The molecule has 1 N–H and O–H groups in total. The Bertz CT molecular complexity index is 682. The van der Waals surface area contributed by atoms with Gasteiger partial charge in [0.15, 0.2) is 6.79 Å². The van der Waals surface area contributed by atoms with Crippen LogP contribution in [0.2, 0.25) is 0 Å². The minimum absolute atomic E-state index is 0.0636. The quantitative estimate of drug-likeness (QED) is 0.480. The van der Waals surface area contributed by atoms with E-state index in [0.29, 0.717) is 23.4 Å². The zero-order chi connectivity index (χ0) is 17.6. The molecule has 0 aromatic heterocycles. The number of rotatable bonds is 6. The molecular weight excluding hydrogens is 328 g/mol. The first-order valence-electron chi connectivity index (χ1n) is 8.23. The molecule has 0 spiro atoms. The Morgan fingerprint density at radius 3 is 3.08 bits per heavy atom. The van der Waals surface area contributed by atoms with Crippen LogP contribution in [0.4, 0.5) is 5.69 Å². The van der Waals surface area contributed by atoms with E-state index in [2.05, 4.69) is 5.32 Å². The summed E-state index contributed by atoms with van der Waals surface area (Å²) >= 11 is 0. The molecule has 1 amide bonds. The summed E-state index contributed by atoms with van der Waals surface area (Å²) in [4.78, 5) is 22.5. The second-order valence-electron chi connectivity index (χ2n) is 5.94. The van der Waals surface area contributed by atoms with Crippen LogP contribution in [0.15, 0.2) is 18.2 Å². The Labute approximate surface area is 144 Å². The van der Waals surface area contributed by atoms with Gasteiger partial charge < -0.3 is 19.5 Å². The van der Waals surface area contributed by atoms with Gasteiger partial charge in [0.2, 0.25) is 5.91 Å². The van der Waals surface area contributed by atoms with E-state index in [1.54, 1.807) is 0 Å². The molecule has 134 valence electrons. The Hall–Kier alpha value is -2.45. The van der Waals surface area contributed by atoms with Crippen molar-refractivity contribution in [2.45, 2.75) is 32.0 Å². The molecule has 8 heteroatoms. The molecule has 1 aromatic rings. The highest BCUT2D eigenvalue weighted by Gasteiger charge is 2.20. The highest BCUT2D eigenvalue weighted by atomic mass is 16.7. The monoisotopic (exact) mass is 348 g/mol. The number of carbonyl (C=O) groups is 1. The second-order valence-corrected chi connectivity index (χ2v) is 5.94. The first kappa shape index (κ1) is 17.4. The van der Waals surface area contributed by atoms with Crippen molar-refractivity contribution in [1.82, 2.24) is 5.32 Å². The summed E-state index contributed by atoms with van der Waals surface area (Å²) in [5.74, 6) is 0.255. The van der Waals surface area contributed by atoms with Crippen LogP contribution in [0.3, 0.4) is 0 Å². The number of ether oxygens (including phenoxy) is 3. The molecule has 8 nitrogen and oxygen atoms in total. The van der Waals surface area contributed by atoms with E-state index < -0.39 is 4.92 Å². The molecule has 2 aliphatic heterocycles. The van der Waals surface area contributed by atoms with Gasteiger partial charge in [0.1, 0.15) is 5.75 Å². The lowest BCUT2D eigenvalue weighted by Crippen LogP contribution is -2.25. The zero-order valence-corrected chi connectivity index (χ0v) is 13.7. The van der Waals surface area contributed by atoms with Crippen LogP contribution in [0.1, 0.15) is 30.4 Å². The van der Waals surface area contributed by atoms with Gasteiger partial charge in [-0.25, -0.2) is 0 Å². The zero-order valence-electron chi connectivity index (χ0n) is 13.7. The molecule has 1 atom stereocenters. The Morgan fingerprint density at radius 1 is 1.44 bits per heavy atom. The molecule has 25 heavy (non-hydrogen) atoms. The standard InChI is InChI=1S/C17H20N2O6/c20-16(18-6-5-15-2-1-7-24-15)4-3-12-8-14(19(21)22)9-13-10-23-11-25-17(12)13/h3-4,8-9,15H,1-2,5-7,10-11H2,(H,18,20). The summed E-state index contributed by atoms with van der Waals surface area (Å²) in [6.07, 6.45) is 5.99. The predicted molar refractivity (Wildman–Crippen MR) is 89.0 cm³/mol. The van der Waals surface area contributed by atoms with Gasteiger partial charge >= 0.3 is 0 Å². The van der Waals surface area contributed by atoms with Crippen molar-refractivity contribution in [1.29, 1.82) is 0 Å². The number of hydrogen-bond acceptors (Lipinski definition) is 6. The van der Waals surface area contributed by atoms with Crippen molar-refractivity contribution < 1.29 is 23.9 Å². The summed E-state index contributed by atoms with van der Waals surface area (Å²) in [7, 11) is 0. The maximum atomic E-state index is 11.9. The van der Waals surface area contributed by atoms with Crippen LogP contribution in [0, 0.1) is 10.1 Å². The average Bonchev–Trinajstić information content (AvgIpc) is 3.12. The highest BCUT2D eigenvalue weighted by Crippen LogP contribution is 2.33. The number of nitro groups is 1. The van der Waals surface area contributed by atoms with Gasteiger partial charge in [0.25, 0.3) is 5.69 Å². The number of nitrogens with zero attached hydrogens (tertiary/aromatic N) is 1. The summed E-state index contributed by atoms with van der Waals surface area (Å²) < 4.78 is 16.1. The van der Waals surface area contributed by atoms with Crippen LogP contribution in [-0.2, 0) is 20.9 Å². The molecule has 1 fully saturated rings. The summed E-state index contributed by atoms with van der Waals surface area (Å²) in [5.41, 5.74) is 1.02. The number of hydrogen-bond donors (Lipinski definition) is 1. The lowest BCUT2D eigenvalue weighted by atomic mass is 10.1. The van der Waals surface area contributed by atoms with Crippen molar-refractivity contribution >= 4 is 17.7 Å². The largest absolute Gasteiger partial charge is 0.467 e. The number of amides is 1. The van der Waals surface area contributed by atoms with E-state index >= 15 is 0 Å². The maximum Gasteiger partial charge on any atom is 0.270 e. The van der Waals surface area contributed by atoms with Crippen molar-refractivity contribution in [3.63, 3.8) is 0 Å². The van der Waals surface area contributed by atoms with E-state index in [1.807, 2.05) is 0 Å². The molecule has 2 heterocycles. The minimum atomic E-state index is -0.478. The van der Waals surface area contributed by atoms with Gasteiger partial charge in [-0.15, -0.1) is 0 Å². The van der Waals surface area contributed by atoms with Crippen LogP contribution >= 0.6 is 0 Å². The lowest BCUT2D eigenvalue weighted by molar-refractivity contribution is -0.385.